The number of nitrogens with zero attached hydrogens (tertiary/aromatic N) is 1. The van der Waals surface area contributed by atoms with Gasteiger partial charge in [-0.1, -0.05) is 13.8 Å². The number of rotatable bonds is 9. The second-order valence-corrected chi connectivity index (χ2v) is 6.82. The monoisotopic (exact) mass is 335 g/mol. The molecule has 0 aliphatic rings. The Kier molecular flexibility index (Phi) is 7.71. The highest BCUT2D eigenvalue weighted by Gasteiger charge is 2.19. The van der Waals surface area contributed by atoms with Gasteiger partial charge in [-0.05, 0) is 50.7 Å². The van der Waals surface area contributed by atoms with E-state index in [1.54, 1.807) is 24.3 Å². The highest BCUT2D eigenvalue weighted by Crippen LogP contribution is 2.14. The van der Waals surface area contributed by atoms with Crippen molar-refractivity contribution in [2.24, 2.45) is 5.41 Å². The van der Waals surface area contributed by atoms with Crippen molar-refractivity contribution < 1.29 is 14.3 Å². The summed E-state index contributed by atoms with van der Waals surface area (Å²) in [5.74, 6) is 0.247. The Morgan fingerprint density at radius 1 is 1.12 bits per heavy atom. The smallest absolute Gasteiger partial charge is 0.251 e. The summed E-state index contributed by atoms with van der Waals surface area (Å²) < 4.78 is 5.33. The summed E-state index contributed by atoms with van der Waals surface area (Å²) in [6.45, 7) is 8.05. The number of ether oxygens (including phenoxy) is 1. The van der Waals surface area contributed by atoms with Crippen molar-refractivity contribution in [2.45, 2.75) is 20.8 Å². The molecule has 0 bridgehead atoms. The van der Waals surface area contributed by atoms with Crippen LogP contribution in [0.4, 0.5) is 0 Å². The highest BCUT2D eigenvalue weighted by molar-refractivity contribution is 5.96. The fourth-order valence-corrected chi connectivity index (χ4v) is 2.44. The molecule has 1 aromatic rings. The maximum atomic E-state index is 12.0. The van der Waals surface area contributed by atoms with Gasteiger partial charge >= 0.3 is 0 Å². The molecule has 0 aliphatic carbocycles. The second kappa shape index (κ2) is 9.27. The van der Waals surface area contributed by atoms with Crippen LogP contribution >= 0.6 is 0 Å². The summed E-state index contributed by atoms with van der Waals surface area (Å²) in [6, 6.07) is 6.83. The molecule has 2 N–H and O–H groups in total. The number of hydrogen-bond acceptors (Lipinski definition) is 4. The van der Waals surface area contributed by atoms with E-state index in [2.05, 4.69) is 29.4 Å². The van der Waals surface area contributed by atoms with Crippen LogP contribution in [0.2, 0.25) is 0 Å². The first-order valence-corrected chi connectivity index (χ1v) is 8.16. The molecule has 2 amide bonds. The van der Waals surface area contributed by atoms with E-state index < -0.39 is 0 Å². The molecular formula is C18H29N3O3. The summed E-state index contributed by atoms with van der Waals surface area (Å²) in [4.78, 5) is 26.0. The van der Waals surface area contributed by atoms with Gasteiger partial charge < -0.3 is 20.3 Å². The third-order valence-electron chi connectivity index (χ3n) is 3.35. The number of carbonyl (C=O) groups is 2. The van der Waals surface area contributed by atoms with Crippen molar-refractivity contribution in [1.82, 2.24) is 15.5 Å². The second-order valence-electron chi connectivity index (χ2n) is 6.82. The molecule has 0 atom stereocenters. The Bertz CT molecular complexity index is 539. The number of carbonyl (C=O) groups excluding carboxylic acids is 2. The predicted molar refractivity (Wildman–Crippen MR) is 95.3 cm³/mol. The molecule has 0 aliphatic heterocycles. The summed E-state index contributed by atoms with van der Waals surface area (Å²) >= 11 is 0. The first-order valence-electron chi connectivity index (χ1n) is 8.16. The van der Waals surface area contributed by atoms with E-state index in [-0.39, 0.29) is 23.8 Å². The molecule has 1 rings (SSSR count). The minimum Gasteiger partial charge on any atom is -0.494 e. The Balaban J connectivity index is 2.39. The van der Waals surface area contributed by atoms with Gasteiger partial charge in [0.15, 0.2) is 0 Å². The molecule has 0 heterocycles. The molecule has 0 unspecified atom stereocenters. The molecule has 0 spiro atoms. The first-order chi connectivity index (χ1) is 11.2. The average molecular weight is 335 g/mol. The van der Waals surface area contributed by atoms with Gasteiger partial charge in [0.2, 0.25) is 5.91 Å². The lowest BCUT2D eigenvalue weighted by molar-refractivity contribution is -0.120. The molecule has 6 nitrogen and oxygen atoms in total. The van der Waals surface area contributed by atoms with Crippen molar-refractivity contribution in [1.29, 1.82) is 0 Å². The minimum atomic E-state index is -0.277. The standard InChI is InChI=1S/C18H29N3O3/c1-6-24-15-9-7-14(8-10-15)17(23)19-11-16(22)20-12-18(2,3)13-21(4)5/h7-10H,6,11-13H2,1-5H3,(H,19,23)(H,20,22). The van der Waals surface area contributed by atoms with Gasteiger partial charge in [-0.25, -0.2) is 0 Å². The number of benzene rings is 1. The lowest BCUT2D eigenvalue weighted by atomic mass is 9.93. The summed E-state index contributed by atoms with van der Waals surface area (Å²) in [5, 5.41) is 5.49. The van der Waals surface area contributed by atoms with Crippen LogP contribution in [0.3, 0.4) is 0 Å². The summed E-state index contributed by atoms with van der Waals surface area (Å²) in [6.07, 6.45) is 0. The van der Waals surface area contributed by atoms with Gasteiger partial charge in [-0.15, -0.1) is 0 Å². The van der Waals surface area contributed by atoms with E-state index in [0.29, 0.717) is 18.7 Å². The van der Waals surface area contributed by atoms with Gasteiger partial charge in [-0.3, -0.25) is 9.59 Å². The Labute approximate surface area is 144 Å². The lowest BCUT2D eigenvalue weighted by Gasteiger charge is -2.28. The maximum absolute atomic E-state index is 12.0. The van der Waals surface area contributed by atoms with Crippen molar-refractivity contribution in [2.75, 3.05) is 40.3 Å². The zero-order valence-electron chi connectivity index (χ0n) is 15.3. The Morgan fingerprint density at radius 2 is 1.75 bits per heavy atom. The van der Waals surface area contributed by atoms with Crippen LogP contribution in [0, 0.1) is 5.41 Å². The molecule has 0 radical (unpaired) electrons. The molecule has 134 valence electrons. The van der Waals surface area contributed by atoms with Crippen LogP contribution in [-0.2, 0) is 4.79 Å². The first kappa shape index (κ1) is 20.0. The fraction of sp³-hybridized carbons (Fsp3) is 0.556. The summed E-state index contributed by atoms with van der Waals surface area (Å²) in [7, 11) is 4.00. The van der Waals surface area contributed by atoms with Crippen LogP contribution in [0.1, 0.15) is 31.1 Å². The van der Waals surface area contributed by atoms with Crippen LogP contribution in [-0.4, -0.2) is 57.1 Å². The molecular weight excluding hydrogens is 306 g/mol. The largest absolute Gasteiger partial charge is 0.494 e. The van der Waals surface area contributed by atoms with Crippen molar-refractivity contribution in [3.63, 3.8) is 0 Å². The predicted octanol–water partition coefficient (Wildman–Crippen LogP) is 1.52. The fourth-order valence-electron chi connectivity index (χ4n) is 2.44. The number of nitrogens with one attached hydrogen (secondary N) is 2. The Morgan fingerprint density at radius 3 is 2.29 bits per heavy atom. The van der Waals surface area contributed by atoms with Crippen molar-refractivity contribution in [3.05, 3.63) is 29.8 Å². The zero-order chi connectivity index (χ0) is 18.2. The van der Waals surface area contributed by atoms with E-state index in [4.69, 9.17) is 4.74 Å². The van der Waals surface area contributed by atoms with Gasteiger partial charge in [0.05, 0.1) is 13.2 Å². The molecule has 0 saturated heterocycles. The van der Waals surface area contributed by atoms with Gasteiger partial charge in [0, 0.05) is 18.7 Å². The van der Waals surface area contributed by atoms with E-state index in [9.17, 15) is 9.59 Å². The number of hydrogen-bond donors (Lipinski definition) is 2. The third-order valence-corrected chi connectivity index (χ3v) is 3.35. The van der Waals surface area contributed by atoms with E-state index >= 15 is 0 Å². The Hall–Kier alpha value is -2.08. The molecule has 1 aromatic carbocycles. The van der Waals surface area contributed by atoms with E-state index in [1.807, 2.05) is 21.0 Å². The van der Waals surface area contributed by atoms with E-state index in [1.165, 1.54) is 0 Å². The average Bonchev–Trinajstić information content (AvgIpc) is 2.50. The maximum Gasteiger partial charge on any atom is 0.251 e. The van der Waals surface area contributed by atoms with Crippen molar-refractivity contribution in [3.8, 4) is 5.75 Å². The number of amides is 2. The molecule has 6 heteroatoms. The molecule has 0 aromatic heterocycles. The third kappa shape index (κ3) is 7.46. The topological polar surface area (TPSA) is 70.7 Å². The van der Waals surface area contributed by atoms with Crippen LogP contribution in [0.25, 0.3) is 0 Å². The van der Waals surface area contributed by atoms with Crippen molar-refractivity contribution >= 4 is 11.8 Å². The van der Waals surface area contributed by atoms with Crippen LogP contribution < -0.4 is 15.4 Å². The lowest BCUT2D eigenvalue weighted by Crippen LogP contribution is -2.43. The van der Waals surface area contributed by atoms with Crippen LogP contribution in [0.5, 0.6) is 5.75 Å². The van der Waals surface area contributed by atoms with Gasteiger partial charge in [0.25, 0.3) is 5.91 Å². The zero-order valence-corrected chi connectivity index (χ0v) is 15.3. The molecule has 24 heavy (non-hydrogen) atoms. The quantitative estimate of drug-likeness (QED) is 0.718. The molecule has 0 fully saturated rings. The minimum absolute atomic E-state index is 0.0295. The summed E-state index contributed by atoms with van der Waals surface area (Å²) in [5.41, 5.74) is 0.470. The molecule has 0 saturated carbocycles. The van der Waals surface area contributed by atoms with Crippen LogP contribution in [0.15, 0.2) is 24.3 Å². The normalized spacial score (nSPS) is 11.2. The van der Waals surface area contributed by atoms with Gasteiger partial charge in [0.1, 0.15) is 5.75 Å². The van der Waals surface area contributed by atoms with Gasteiger partial charge in [-0.2, -0.15) is 0 Å². The van der Waals surface area contributed by atoms with E-state index in [0.717, 1.165) is 12.3 Å². The SMILES string of the molecule is CCOc1ccc(C(=O)NCC(=O)NCC(C)(C)CN(C)C)cc1. The highest BCUT2D eigenvalue weighted by atomic mass is 16.5.